The van der Waals surface area contributed by atoms with Crippen molar-refractivity contribution < 1.29 is 0 Å². The van der Waals surface area contributed by atoms with Crippen LogP contribution in [-0.4, -0.2) is 19.5 Å². The van der Waals surface area contributed by atoms with Crippen LogP contribution >= 0.6 is 0 Å². The second-order valence-corrected chi connectivity index (χ2v) is 4.21. The van der Waals surface area contributed by atoms with Gasteiger partial charge < -0.3 is 16.5 Å². The molecule has 3 rings (SSSR count). The lowest BCUT2D eigenvalue weighted by Gasteiger charge is -2.08. The van der Waals surface area contributed by atoms with Gasteiger partial charge in [0, 0.05) is 23.6 Å². The number of H-pyrrole nitrogens is 1. The number of hydrogen-bond acceptors (Lipinski definition) is 5. The van der Waals surface area contributed by atoms with Crippen molar-refractivity contribution in [3.05, 3.63) is 53.3 Å². The van der Waals surface area contributed by atoms with E-state index in [1.165, 1.54) is 6.33 Å². The third-order valence-electron chi connectivity index (χ3n) is 2.91. The summed E-state index contributed by atoms with van der Waals surface area (Å²) < 4.78 is 1.66. The van der Waals surface area contributed by atoms with Crippen molar-refractivity contribution in [1.29, 1.82) is 0 Å². The molecule has 20 heavy (non-hydrogen) atoms. The first-order chi connectivity index (χ1) is 9.66. The molecule has 0 radical (unpaired) electrons. The van der Waals surface area contributed by atoms with Crippen LogP contribution in [0.5, 0.6) is 0 Å². The van der Waals surface area contributed by atoms with E-state index in [9.17, 15) is 4.79 Å². The molecule has 7 heteroatoms. The van der Waals surface area contributed by atoms with E-state index >= 15 is 0 Å². The van der Waals surface area contributed by atoms with Crippen LogP contribution in [-0.2, 0) is 0 Å². The molecule has 0 aliphatic heterocycles. The van der Waals surface area contributed by atoms with E-state index < -0.39 is 0 Å². The Labute approximate surface area is 113 Å². The van der Waals surface area contributed by atoms with Gasteiger partial charge in [-0.1, -0.05) is 0 Å². The molecule has 3 aromatic rings. The summed E-state index contributed by atoms with van der Waals surface area (Å²) in [7, 11) is 0. The number of rotatable bonds is 2. The van der Waals surface area contributed by atoms with Crippen LogP contribution in [0.4, 0.5) is 11.4 Å². The van der Waals surface area contributed by atoms with Crippen molar-refractivity contribution in [2.24, 2.45) is 0 Å². The first kappa shape index (κ1) is 12.0. The minimum Gasteiger partial charge on any atom is -0.399 e. The second kappa shape index (κ2) is 4.54. The SMILES string of the molecule is Nc1ccc(-c2nccn2-c2nc[nH]c(=O)c2N)cc1. The molecule has 0 amide bonds. The van der Waals surface area contributed by atoms with Gasteiger partial charge in [-0.3, -0.25) is 9.36 Å². The Bertz CT molecular complexity index is 802. The summed E-state index contributed by atoms with van der Waals surface area (Å²) in [6.45, 7) is 0. The zero-order chi connectivity index (χ0) is 14.1. The van der Waals surface area contributed by atoms with Gasteiger partial charge in [0.2, 0.25) is 0 Å². The summed E-state index contributed by atoms with van der Waals surface area (Å²) in [5.41, 5.74) is 12.6. The number of imidazole rings is 1. The van der Waals surface area contributed by atoms with Gasteiger partial charge in [-0.05, 0) is 24.3 Å². The van der Waals surface area contributed by atoms with Gasteiger partial charge in [0.05, 0.1) is 6.33 Å². The van der Waals surface area contributed by atoms with Crippen LogP contribution in [0.1, 0.15) is 0 Å². The first-order valence-electron chi connectivity index (χ1n) is 5.89. The Balaban J connectivity index is 2.18. The Morgan fingerprint density at radius 2 is 1.85 bits per heavy atom. The van der Waals surface area contributed by atoms with E-state index in [0.29, 0.717) is 17.3 Å². The average molecular weight is 268 g/mol. The van der Waals surface area contributed by atoms with Gasteiger partial charge in [0.1, 0.15) is 11.5 Å². The lowest BCUT2D eigenvalue weighted by Crippen LogP contribution is -2.16. The molecule has 0 saturated carbocycles. The number of anilines is 2. The van der Waals surface area contributed by atoms with Crippen LogP contribution in [0.25, 0.3) is 17.2 Å². The molecule has 2 heterocycles. The second-order valence-electron chi connectivity index (χ2n) is 4.21. The van der Waals surface area contributed by atoms with Crippen molar-refractivity contribution in [3.8, 4) is 17.2 Å². The maximum absolute atomic E-state index is 11.6. The molecule has 2 aromatic heterocycles. The molecule has 0 aliphatic carbocycles. The molecular weight excluding hydrogens is 256 g/mol. The Hall–Kier alpha value is -3.09. The molecule has 0 atom stereocenters. The monoisotopic (exact) mass is 268 g/mol. The quantitative estimate of drug-likeness (QED) is 0.594. The van der Waals surface area contributed by atoms with Crippen LogP contribution in [0, 0.1) is 0 Å². The fraction of sp³-hybridized carbons (Fsp3) is 0. The van der Waals surface area contributed by atoms with Crippen LogP contribution < -0.4 is 17.0 Å². The molecule has 1 aromatic carbocycles. The number of benzene rings is 1. The molecule has 0 bridgehead atoms. The Morgan fingerprint density at radius 3 is 2.60 bits per heavy atom. The van der Waals surface area contributed by atoms with Gasteiger partial charge in [-0.15, -0.1) is 0 Å². The fourth-order valence-electron chi connectivity index (χ4n) is 1.91. The van der Waals surface area contributed by atoms with Gasteiger partial charge in [-0.25, -0.2) is 9.97 Å². The largest absolute Gasteiger partial charge is 0.399 e. The Kier molecular flexibility index (Phi) is 2.72. The van der Waals surface area contributed by atoms with Crippen LogP contribution in [0.2, 0.25) is 0 Å². The van der Waals surface area contributed by atoms with Crippen molar-refractivity contribution in [2.75, 3.05) is 11.5 Å². The number of nitrogens with zero attached hydrogens (tertiary/aromatic N) is 3. The maximum atomic E-state index is 11.6. The number of nitrogens with one attached hydrogen (secondary N) is 1. The zero-order valence-electron chi connectivity index (χ0n) is 10.4. The minimum absolute atomic E-state index is 0.0437. The summed E-state index contributed by atoms with van der Waals surface area (Å²) in [5.74, 6) is 0.980. The topological polar surface area (TPSA) is 116 Å². The highest BCUT2D eigenvalue weighted by Crippen LogP contribution is 2.22. The van der Waals surface area contributed by atoms with Crippen LogP contribution in [0.15, 0.2) is 47.8 Å². The van der Waals surface area contributed by atoms with Crippen molar-refractivity contribution in [3.63, 3.8) is 0 Å². The molecule has 0 saturated heterocycles. The van der Waals surface area contributed by atoms with Crippen molar-refractivity contribution >= 4 is 11.4 Å². The lowest BCUT2D eigenvalue weighted by molar-refractivity contribution is 0.972. The standard InChI is InChI=1S/C13H12N6O/c14-9-3-1-8(2-4-9)11-16-5-6-19(11)12-10(15)13(20)18-7-17-12/h1-7H,14-15H2,(H,17,18,20). The van der Waals surface area contributed by atoms with Gasteiger partial charge in [-0.2, -0.15) is 0 Å². The molecule has 0 fully saturated rings. The first-order valence-corrected chi connectivity index (χ1v) is 5.89. The number of hydrogen-bond donors (Lipinski definition) is 3. The van der Waals surface area contributed by atoms with E-state index in [4.69, 9.17) is 11.5 Å². The molecule has 7 nitrogen and oxygen atoms in total. The summed E-state index contributed by atoms with van der Waals surface area (Å²) in [5, 5.41) is 0. The Morgan fingerprint density at radius 1 is 1.10 bits per heavy atom. The summed E-state index contributed by atoms with van der Waals surface area (Å²) >= 11 is 0. The minimum atomic E-state index is -0.382. The molecule has 0 aliphatic rings. The molecule has 100 valence electrons. The predicted octanol–water partition coefficient (Wildman–Crippen LogP) is 0.787. The van der Waals surface area contributed by atoms with Gasteiger partial charge in [0.15, 0.2) is 5.82 Å². The predicted molar refractivity (Wildman–Crippen MR) is 76.2 cm³/mol. The molecule has 0 spiro atoms. The fourth-order valence-corrected chi connectivity index (χ4v) is 1.91. The number of nitrogen functional groups attached to an aromatic ring is 2. The van der Waals surface area contributed by atoms with E-state index in [-0.39, 0.29) is 11.2 Å². The highest BCUT2D eigenvalue weighted by molar-refractivity contribution is 5.63. The number of aromatic amines is 1. The molecular formula is C13H12N6O. The zero-order valence-corrected chi connectivity index (χ0v) is 10.4. The van der Waals surface area contributed by atoms with E-state index in [1.807, 2.05) is 12.1 Å². The van der Waals surface area contributed by atoms with E-state index in [0.717, 1.165) is 5.56 Å². The van der Waals surface area contributed by atoms with Gasteiger partial charge in [0.25, 0.3) is 5.56 Å². The summed E-state index contributed by atoms with van der Waals surface area (Å²) in [6, 6.07) is 7.25. The summed E-state index contributed by atoms with van der Waals surface area (Å²) in [6.07, 6.45) is 4.62. The highest BCUT2D eigenvalue weighted by Gasteiger charge is 2.12. The molecule has 0 unspecified atom stereocenters. The third-order valence-corrected chi connectivity index (χ3v) is 2.91. The van der Waals surface area contributed by atoms with E-state index in [2.05, 4.69) is 15.0 Å². The van der Waals surface area contributed by atoms with Crippen LogP contribution in [0.3, 0.4) is 0 Å². The summed E-state index contributed by atoms with van der Waals surface area (Å²) in [4.78, 5) is 22.4. The highest BCUT2D eigenvalue weighted by atomic mass is 16.1. The molecule has 5 N–H and O–H groups in total. The van der Waals surface area contributed by atoms with Crippen molar-refractivity contribution in [1.82, 2.24) is 19.5 Å². The number of aromatic nitrogens is 4. The average Bonchev–Trinajstić information content (AvgIpc) is 2.92. The lowest BCUT2D eigenvalue weighted by atomic mass is 10.2. The number of nitrogens with two attached hydrogens (primary N) is 2. The maximum Gasteiger partial charge on any atom is 0.276 e. The van der Waals surface area contributed by atoms with Gasteiger partial charge >= 0.3 is 0 Å². The third kappa shape index (κ3) is 1.91. The van der Waals surface area contributed by atoms with Crippen molar-refractivity contribution in [2.45, 2.75) is 0 Å². The van der Waals surface area contributed by atoms with E-state index in [1.54, 1.807) is 29.1 Å². The normalized spacial score (nSPS) is 10.6. The smallest absolute Gasteiger partial charge is 0.276 e.